The Morgan fingerprint density at radius 3 is 2.70 bits per heavy atom. The summed E-state index contributed by atoms with van der Waals surface area (Å²) in [5.74, 6) is 1.63. The number of fused-ring (bicyclic) bond motifs is 3. The normalized spacial score (nSPS) is 28.7. The van der Waals surface area contributed by atoms with Crippen LogP contribution in [0.2, 0.25) is 0 Å². The van der Waals surface area contributed by atoms with Gasteiger partial charge in [0.25, 0.3) is 5.89 Å². The smallest absolute Gasteiger partial charge is 0.276 e. The Balaban J connectivity index is 1.62. The molecule has 20 heavy (non-hydrogen) atoms. The third kappa shape index (κ3) is 1.95. The number of hydrogen-bond donors (Lipinski definition) is 1. The van der Waals surface area contributed by atoms with Gasteiger partial charge in [-0.25, -0.2) is 4.98 Å². The molecule has 2 aromatic rings. The molecule has 0 saturated carbocycles. The van der Waals surface area contributed by atoms with E-state index in [9.17, 15) is 0 Å². The standard InChI is InChI=1S/C13H16N6O/c14-11-3-1-2-9(15-11)13-16-12(17-20-13)10-8-18-4-6-19(10)7-5-18/h1-3,10H,4-8H2,(H2,14,15). The Morgan fingerprint density at radius 2 is 2.00 bits per heavy atom. The van der Waals surface area contributed by atoms with Gasteiger partial charge in [0.2, 0.25) is 0 Å². The van der Waals surface area contributed by atoms with Gasteiger partial charge in [0.15, 0.2) is 5.82 Å². The van der Waals surface area contributed by atoms with E-state index in [0.29, 0.717) is 17.4 Å². The van der Waals surface area contributed by atoms with E-state index < -0.39 is 0 Å². The van der Waals surface area contributed by atoms with Gasteiger partial charge in [-0.15, -0.1) is 0 Å². The number of anilines is 1. The topological polar surface area (TPSA) is 84.3 Å². The quantitative estimate of drug-likeness (QED) is 0.846. The molecule has 0 aliphatic carbocycles. The van der Waals surface area contributed by atoms with Gasteiger partial charge in [-0.05, 0) is 12.1 Å². The van der Waals surface area contributed by atoms with E-state index in [2.05, 4.69) is 24.9 Å². The maximum Gasteiger partial charge on any atom is 0.276 e. The molecule has 2 aromatic heterocycles. The van der Waals surface area contributed by atoms with Crippen LogP contribution < -0.4 is 5.73 Å². The summed E-state index contributed by atoms with van der Waals surface area (Å²) >= 11 is 0. The molecular weight excluding hydrogens is 256 g/mol. The summed E-state index contributed by atoms with van der Waals surface area (Å²) in [5, 5.41) is 4.13. The summed E-state index contributed by atoms with van der Waals surface area (Å²) in [5.41, 5.74) is 6.30. The number of nitrogens with zero attached hydrogens (tertiary/aromatic N) is 5. The number of rotatable bonds is 2. The number of nitrogen functional groups attached to an aromatic ring is 1. The van der Waals surface area contributed by atoms with Gasteiger partial charge in [0.1, 0.15) is 11.5 Å². The van der Waals surface area contributed by atoms with E-state index in [-0.39, 0.29) is 6.04 Å². The van der Waals surface area contributed by atoms with Crippen LogP contribution >= 0.6 is 0 Å². The molecule has 0 aromatic carbocycles. The molecule has 2 N–H and O–H groups in total. The Labute approximate surface area is 116 Å². The fraction of sp³-hybridized carbons (Fsp3) is 0.462. The van der Waals surface area contributed by atoms with E-state index in [1.54, 1.807) is 6.07 Å². The summed E-state index contributed by atoms with van der Waals surface area (Å²) in [6, 6.07) is 5.62. The summed E-state index contributed by atoms with van der Waals surface area (Å²) in [7, 11) is 0. The van der Waals surface area contributed by atoms with Crippen LogP contribution in [0.15, 0.2) is 22.7 Å². The van der Waals surface area contributed by atoms with Crippen molar-refractivity contribution in [1.82, 2.24) is 24.9 Å². The van der Waals surface area contributed by atoms with E-state index in [1.807, 2.05) is 12.1 Å². The fourth-order valence-corrected chi connectivity index (χ4v) is 2.91. The van der Waals surface area contributed by atoms with Gasteiger partial charge in [-0.3, -0.25) is 9.80 Å². The van der Waals surface area contributed by atoms with Crippen LogP contribution in [0.5, 0.6) is 0 Å². The summed E-state index contributed by atoms with van der Waals surface area (Å²) < 4.78 is 5.34. The minimum absolute atomic E-state index is 0.232. The van der Waals surface area contributed by atoms with Crippen molar-refractivity contribution < 1.29 is 4.52 Å². The van der Waals surface area contributed by atoms with Crippen molar-refractivity contribution >= 4 is 5.82 Å². The van der Waals surface area contributed by atoms with E-state index in [1.165, 1.54) is 0 Å². The summed E-state index contributed by atoms with van der Waals surface area (Å²) in [4.78, 5) is 13.6. The third-order valence-electron chi connectivity index (χ3n) is 4.01. The van der Waals surface area contributed by atoms with Crippen LogP contribution in [0, 0.1) is 0 Å². The Bertz CT molecular complexity index is 619. The van der Waals surface area contributed by atoms with Crippen molar-refractivity contribution in [3.05, 3.63) is 24.0 Å². The van der Waals surface area contributed by atoms with Gasteiger partial charge >= 0.3 is 0 Å². The van der Waals surface area contributed by atoms with Crippen molar-refractivity contribution in [1.29, 1.82) is 0 Å². The van der Waals surface area contributed by atoms with Gasteiger partial charge < -0.3 is 10.3 Å². The molecular formula is C13H16N6O. The second-order valence-electron chi connectivity index (χ2n) is 5.26. The number of hydrogen-bond acceptors (Lipinski definition) is 7. The highest BCUT2D eigenvalue weighted by Gasteiger charge is 2.35. The largest absolute Gasteiger partial charge is 0.384 e. The zero-order valence-electron chi connectivity index (χ0n) is 11.1. The minimum atomic E-state index is 0.232. The molecule has 0 amide bonds. The molecule has 3 saturated heterocycles. The van der Waals surface area contributed by atoms with Crippen molar-refractivity contribution in [2.24, 2.45) is 0 Å². The molecule has 3 aliphatic heterocycles. The molecule has 7 nitrogen and oxygen atoms in total. The molecule has 2 bridgehead atoms. The first kappa shape index (κ1) is 11.8. The zero-order chi connectivity index (χ0) is 13.5. The molecule has 7 heteroatoms. The average Bonchev–Trinajstić information content (AvgIpc) is 2.98. The maximum absolute atomic E-state index is 5.68. The van der Waals surface area contributed by atoms with E-state index in [0.717, 1.165) is 38.5 Å². The lowest BCUT2D eigenvalue weighted by molar-refractivity contribution is 0.00781. The van der Waals surface area contributed by atoms with Gasteiger partial charge in [-0.2, -0.15) is 4.98 Å². The minimum Gasteiger partial charge on any atom is -0.384 e. The highest BCUT2D eigenvalue weighted by molar-refractivity contribution is 5.50. The molecule has 5 heterocycles. The lowest BCUT2D eigenvalue weighted by Crippen LogP contribution is -2.57. The van der Waals surface area contributed by atoms with Gasteiger partial charge in [-0.1, -0.05) is 11.2 Å². The van der Waals surface area contributed by atoms with Crippen molar-refractivity contribution in [2.75, 3.05) is 38.5 Å². The summed E-state index contributed by atoms with van der Waals surface area (Å²) in [6.07, 6.45) is 0. The molecule has 5 rings (SSSR count). The third-order valence-corrected chi connectivity index (χ3v) is 4.01. The highest BCUT2D eigenvalue weighted by atomic mass is 16.5. The SMILES string of the molecule is Nc1cccc(-c2nc(C3CN4CCN3CC4)no2)n1. The van der Waals surface area contributed by atoms with E-state index >= 15 is 0 Å². The molecule has 0 radical (unpaired) electrons. The van der Waals surface area contributed by atoms with E-state index in [4.69, 9.17) is 10.3 Å². The average molecular weight is 272 g/mol. The number of piperazine rings is 3. The molecule has 1 unspecified atom stereocenters. The first-order chi connectivity index (χ1) is 9.79. The molecule has 3 aliphatic rings. The first-order valence-electron chi connectivity index (χ1n) is 6.82. The zero-order valence-corrected chi connectivity index (χ0v) is 11.1. The predicted octanol–water partition coefficient (Wildman–Crippen LogP) is 0.386. The van der Waals surface area contributed by atoms with Crippen LogP contribution in [-0.4, -0.2) is 57.6 Å². The Hall–Kier alpha value is -1.99. The summed E-state index contributed by atoms with van der Waals surface area (Å²) in [6.45, 7) is 5.40. The van der Waals surface area contributed by atoms with Gasteiger partial charge in [0.05, 0.1) is 6.04 Å². The van der Waals surface area contributed by atoms with Crippen molar-refractivity contribution in [3.8, 4) is 11.6 Å². The number of nitrogens with two attached hydrogens (primary N) is 1. The molecule has 0 spiro atoms. The van der Waals surface area contributed by atoms with Crippen LogP contribution in [0.4, 0.5) is 5.82 Å². The highest BCUT2D eigenvalue weighted by Crippen LogP contribution is 2.28. The second-order valence-corrected chi connectivity index (χ2v) is 5.26. The van der Waals surface area contributed by atoms with Crippen molar-refractivity contribution in [3.63, 3.8) is 0 Å². The van der Waals surface area contributed by atoms with Crippen LogP contribution in [0.1, 0.15) is 11.9 Å². The first-order valence-corrected chi connectivity index (χ1v) is 6.82. The fourth-order valence-electron chi connectivity index (χ4n) is 2.91. The number of aromatic nitrogens is 3. The Kier molecular flexibility index (Phi) is 2.68. The second kappa shape index (κ2) is 4.53. The molecule has 3 fully saturated rings. The van der Waals surface area contributed by atoms with Crippen molar-refractivity contribution in [2.45, 2.75) is 6.04 Å². The number of pyridine rings is 1. The molecule has 104 valence electrons. The predicted molar refractivity (Wildman–Crippen MR) is 72.7 cm³/mol. The van der Waals surface area contributed by atoms with Crippen LogP contribution in [0.3, 0.4) is 0 Å². The lowest BCUT2D eigenvalue weighted by atomic mass is 10.1. The Morgan fingerprint density at radius 1 is 1.15 bits per heavy atom. The van der Waals surface area contributed by atoms with Gasteiger partial charge in [0, 0.05) is 32.7 Å². The van der Waals surface area contributed by atoms with Crippen LogP contribution in [0.25, 0.3) is 11.6 Å². The maximum atomic E-state index is 5.68. The lowest BCUT2D eigenvalue weighted by Gasteiger charge is -2.46. The van der Waals surface area contributed by atoms with Crippen LogP contribution in [-0.2, 0) is 0 Å². The molecule has 1 atom stereocenters. The monoisotopic (exact) mass is 272 g/mol.